The number of rotatable bonds is 4. The summed E-state index contributed by atoms with van der Waals surface area (Å²) in [4.78, 5) is 0. The fourth-order valence-electron chi connectivity index (χ4n) is 2.82. The van der Waals surface area contributed by atoms with E-state index < -0.39 is 24.4 Å². The first kappa shape index (κ1) is 19.1. The Bertz CT molecular complexity index is 810. The molecule has 3 N–H and O–H groups in total. The third-order valence-electron chi connectivity index (χ3n) is 4.26. The number of aliphatic hydroxyl groups is 3. The SMILES string of the molecule is N#Cc1cccc(C(O)c2ccccc2O[C@@H]2[C@@H](O)[C@H](O)CS[C@H]2S)c1. The van der Waals surface area contributed by atoms with Gasteiger partial charge in [0.1, 0.15) is 24.1 Å². The molecule has 3 rings (SSSR count). The summed E-state index contributed by atoms with van der Waals surface area (Å²) in [5.74, 6) is 0.792. The predicted octanol–water partition coefficient (Wildman–Crippen LogP) is 2.11. The van der Waals surface area contributed by atoms with E-state index in [2.05, 4.69) is 18.7 Å². The van der Waals surface area contributed by atoms with Crippen LogP contribution in [0.15, 0.2) is 48.5 Å². The molecule has 1 unspecified atom stereocenters. The maximum absolute atomic E-state index is 10.8. The molecule has 7 heteroatoms. The fraction of sp³-hybridized carbons (Fsp3) is 0.316. The van der Waals surface area contributed by atoms with E-state index in [4.69, 9.17) is 10.00 Å². The molecule has 5 nitrogen and oxygen atoms in total. The average molecular weight is 389 g/mol. The smallest absolute Gasteiger partial charge is 0.148 e. The Hall–Kier alpha value is -1.69. The molecule has 1 heterocycles. The minimum absolute atomic E-state index is 0.305. The number of ether oxygens (including phenoxy) is 1. The summed E-state index contributed by atoms with van der Waals surface area (Å²) in [5.41, 5.74) is 1.54. The van der Waals surface area contributed by atoms with Crippen LogP contribution in [0.3, 0.4) is 0 Å². The average Bonchev–Trinajstić information content (AvgIpc) is 2.68. The zero-order chi connectivity index (χ0) is 18.7. The Morgan fingerprint density at radius 1 is 1.19 bits per heavy atom. The number of para-hydroxylation sites is 1. The van der Waals surface area contributed by atoms with Crippen molar-refractivity contribution >= 4 is 24.4 Å². The first-order valence-corrected chi connectivity index (χ1v) is 9.67. The Balaban J connectivity index is 1.89. The van der Waals surface area contributed by atoms with Gasteiger partial charge in [0.25, 0.3) is 0 Å². The number of thioether (sulfide) groups is 1. The summed E-state index contributed by atoms with van der Waals surface area (Å²) >= 11 is 5.84. The molecular formula is C19H19NO4S2. The summed E-state index contributed by atoms with van der Waals surface area (Å²) in [6.45, 7) is 0. The first-order valence-electron chi connectivity index (χ1n) is 8.10. The van der Waals surface area contributed by atoms with Crippen molar-refractivity contribution in [3.8, 4) is 11.8 Å². The van der Waals surface area contributed by atoms with Crippen molar-refractivity contribution in [2.45, 2.75) is 29.0 Å². The lowest BCUT2D eigenvalue weighted by Crippen LogP contribution is -2.50. The summed E-state index contributed by atoms with van der Waals surface area (Å²) in [7, 11) is 0. The van der Waals surface area contributed by atoms with E-state index in [-0.39, 0.29) is 4.58 Å². The summed E-state index contributed by atoms with van der Waals surface area (Å²) < 4.78 is 5.64. The second kappa shape index (κ2) is 8.33. The number of nitriles is 1. The van der Waals surface area contributed by atoms with Gasteiger partial charge in [0.05, 0.1) is 22.3 Å². The van der Waals surface area contributed by atoms with E-state index in [0.717, 1.165) is 0 Å². The van der Waals surface area contributed by atoms with E-state index in [0.29, 0.717) is 28.2 Å². The van der Waals surface area contributed by atoms with Gasteiger partial charge in [-0.2, -0.15) is 17.9 Å². The van der Waals surface area contributed by atoms with Crippen molar-refractivity contribution in [2.24, 2.45) is 0 Å². The molecule has 5 atom stereocenters. The lowest BCUT2D eigenvalue weighted by Gasteiger charge is -2.36. The van der Waals surface area contributed by atoms with Crippen LogP contribution in [0.4, 0.5) is 0 Å². The van der Waals surface area contributed by atoms with Crippen LogP contribution in [-0.2, 0) is 0 Å². The summed E-state index contributed by atoms with van der Waals surface area (Å²) in [6.07, 6.45) is -3.66. The maximum atomic E-state index is 10.8. The van der Waals surface area contributed by atoms with Gasteiger partial charge in [-0.25, -0.2) is 0 Å². The van der Waals surface area contributed by atoms with Gasteiger partial charge in [0.15, 0.2) is 0 Å². The van der Waals surface area contributed by atoms with Gasteiger partial charge in [0.2, 0.25) is 0 Å². The molecule has 1 aliphatic heterocycles. The second-order valence-electron chi connectivity index (χ2n) is 6.04. The highest BCUT2D eigenvalue weighted by atomic mass is 32.2. The van der Waals surface area contributed by atoms with E-state index in [1.807, 2.05) is 0 Å². The second-order valence-corrected chi connectivity index (χ2v) is 8.12. The number of nitrogens with zero attached hydrogens (tertiary/aromatic N) is 1. The molecule has 0 spiro atoms. The number of hydrogen-bond donors (Lipinski definition) is 4. The number of benzene rings is 2. The molecule has 26 heavy (non-hydrogen) atoms. The van der Waals surface area contributed by atoms with Crippen LogP contribution >= 0.6 is 24.4 Å². The maximum Gasteiger partial charge on any atom is 0.148 e. The third kappa shape index (κ3) is 4.00. The molecule has 0 bridgehead atoms. The molecule has 0 saturated carbocycles. The van der Waals surface area contributed by atoms with Gasteiger partial charge in [0, 0.05) is 11.3 Å². The lowest BCUT2D eigenvalue weighted by molar-refractivity contribution is -0.0378. The molecule has 0 aromatic heterocycles. The van der Waals surface area contributed by atoms with E-state index >= 15 is 0 Å². The highest BCUT2D eigenvalue weighted by Crippen LogP contribution is 2.36. The predicted molar refractivity (Wildman–Crippen MR) is 103 cm³/mol. The molecule has 1 saturated heterocycles. The van der Waals surface area contributed by atoms with Crippen molar-refractivity contribution in [3.63, 3.8) is 0 Å². The number of aliphatic hydroxyl groups excluding tert-OH is 3. The quantitative estimate of drug-likeness (QED) is 0.599. The van der Waals surface area contributed by atoms with Crippen molar-refractivity contribution < 1.29 is 20.1 Å². The highest BCUT2D eigenvalue weighted by Gasteiger charge is 2.39. The number of hydrogen-bond acceptors (Lipinski definition) is 7. The molecule has 2 aromatic rings. The van der Waals surface area contributed by atoms with Gasteiger partial charge in [-0.3, -0.25) is 0 Å². The standard InChI is InChI=1S/C19H19NO4S2/c20-9-11-4-3-5-12(8-11)16(22)13-6-1-2-7-15(13)24-18-17(23)14(21)10-26-19(18)25/h1-8,14,16-19,21-23,25H,10H2/t14-,16?,17+,18-,19-/m1/s1. The zero-order valence-corrected chi connectivity index (χ0v) is 15.5. The van der Waals surface area contributed by atoms with Crippen LogP contribution in [0.1, 0.15) is 22.8 Å². The summed E-state index contributed by atoms with van der Waals surface area (Å²) in [5, 5.41) is 40.0. The molecular weight excluding hydrogens is 370 g/mol. The highest BCUT2D eigenvalue weighted by molar-refractivity contribution is 8.10. The van der Waals surface area contributed by atoms with Crippen LogP contribution in [0.5, 0.6) is 5.75 Å². The van der Waals surface area contributed by atoms with Gasteiger partial charge >= 0.3 is 0 Å². The largest absolute Gasteiger partial charge is 0.485 e. The first-order chi connectivity index (χ1) is 12.5. The van der Waals surface area contributed by atoms with Crippen LogP contribution < -0.4 is 4.74 Å². The van der Waals surface area contributed by atoms with Crippen LogP contribution in [0.25, 0.3) is 0 Å². The van der Waals surface area contributed by atoms with Crippen molar-refractivity contribution in [3.05, 3.63) is 65.2 Å². The topological polar surface area (TPSA) is 93.7 Å². The zero-order valence-electron chi connectivity index (χ0n) is 13.8. The van der Waals surface area contributed by atoms with Crippen LogP contribution in [0, 0.1) is 11.3 Å². The monoisotopic (exact) mass is 389 g/mol. The Morgan fingerprint density at radius 3 is 2.73 bits per heavy atom. The van der Waals surface area contributed by atoms with Gasteiger partial charge < -0.3 is 20.1 Å². The molecule has 2 aromatic carbocycles. The van der Waals surface area contributed by atoms with Crippen molar-refractivity contribution in [1.82, 2.24) is 0 Å². The van der Waals surface area contributed by atoms with E-state index in [1.54, 1.807) is 48.5 Å². The Morgan fingerprint density at radius 2 is 1.96 bits per heavy atom. The minimum Gasteiger partial charge on any atom is -0.485 e. The van der Waals surface area contributed by atoms with Crippen molar-refractivity contribution in [2.75, 3.05) is 5.75 Å². The van der Waals surface area contributed by atoms with Crippen molar-refractivity contribution in [1.29, 1.82) is 5.26 Å². The molecule has 1 aliphatic rings. The summed E-state index contributed by atoms with van der Waals surface area (Å²) in [6, 6.07) is 15.8. The van der Waals surface area contributed by atoms with Gasteiger partial charge in [-0.05, 0) is 23.8 Å². The molecule has 0 radical (unpaired) electrons. The van der Waals surface area contributed by atoms with E-state index in [1.165, 1.54) is 11.8 Å². The Labute approximate surface area is 161 Å². The molecule has 1 fully saturated rings. The van der Waals surface area contributed by atoms with Gasteiger partial charge in [-0.15, -0.1) is 11.8 Å². The number of thiol groups is 1. The normalized spacial score (nSPS) is 26.7. The molecule has 0 amide bonds. The molecule has 136 valence electrons. The van der Waals surface area contributed by atoms with Crippen LogP contribution in [0.2, 0.25) is 0 Å². The molecule has 0 aliphatic carbocycles. The lowest BCUT2D eigenvalue weighted by atomic mass is 9.99. The van der Waals surface area contributed by atoms with Crippen LogP contribution in [-0.4, -0.2) is 44.0 Å². The van der Waals surface area contributed by atoms with E-state index in [9.17, 15) is 15.3 Å². The third-order valence-corrected chi connectivity index (χ3v) is 6.14. The van der Waals surface area contributed by atoms with Gasteiger partial charge in [-0.1, -0.05) is 30.3 Å². The minimum atomic E-state index is -1.06. The Kier molecular flexibility index (Phi) is 6.12. The fourth-order valence-corrected chi connectivity index (χ4v) is 4.32.